The predicted octanol–water partition coefficient (Wildman–Crippen LogP) is 3.22. The zero-order valence-electron chi connectivity index (χ0n) is 10.2. The van der Waals surface area contributed by atoms with Gasteiger partial charge in [-0.3, -0.25) is 10.1 Å². The summed E-state index contributed by atoms with van der Waals surface area (Å²) in [7, 11) is -3.53. The number of sulfone groups is 1. The largest absolute Gasteiger partial charge is 0.269 e. The summed E-state index contributed by atoms with van der Waals surface area (Å²) in [4.78, 5) is 10.0. The van der Waals surface area contributed by atoms with E-state index < -0.39 is 14.8 Å². The lowest BCUT2D eigenvalue weighted by Crippen LogP contribution is -2.05. The van der Waals surface area contributed by atoms with Crippen LogP contribution in [0, 0.1) is 10.1 Å². The van der Waals surface area contributed by atoms with Gasteiger partial charge in [0.25, 0.3) is 5.69 Å². The minimum atomic E-state index is -3.53. The van der Waals surface area contributed by atoms with Crippen LogP contribution in [0.1, 0.15) is 5.56 Å². The van der Waals surface area contributed by atoms with Crippen LogP contribution in [0.5, 0.6) is 0 Å². The molecular weight excluding hydrogens is 302 g/mol. The number of nitro groups is 1. The highest BCUT2D eigenvalue weighted by Crippen LogP contribution is 2.20. The summed E-state index contributed by atoms with van der Waals surface area (Å²) in [5, 5.41) is 11.1. The molecule has 0 heterocycles. The van der Waals surface area contributed by atoms with Crippen LogP contribution in [0.2, 0.25) is 5.02 Å². The van der Waals surface area contributed by atoms with E-state index in [2.05, 4.69) is 0 Å². The van der Waals surface area contributed by atoms with Crippen molar-refractivity contribution in [3.8, 4) is 0 Å². The molecule has 0 aromatic heterocycles. The van der Waals surface area contributed by atoms with Gasteiger partial charge in [-0.1, -0.05) is 23.7 Å². The Hall–Kier alpha value is -1.92. The quantitative estimate of drug-likeness (QED) is 0.641. The van der Waals surface area contributed by atoms with E-state index in [0.717, 1.165) is 0 Å². The van der Waals surface area contributed by atoms with Crippen LogP contribution in [0.15, 0.2) is 53.4 Å². The van der Waals surface area contributed by atoms with Gasteiger partial charge in [0, 0.05) is 17.2 Å². The molecule has 0 spiro atoms. The third kappa shape index (κ3) is 3.34. The molecule has 5 nitrogen and oxygen atoms in total. The average Bonchev–Trinajstić information content (AvgIpc) is 2.41. The van der Waals surface area contributed by atoms with Crippen LogP contribution in [0.25, 0.3) is 0 Å². The predicted molar refractivity (Wildman–Crippen MR) is 75.4 cm³/mol. The van der Waals surface area contributed by atoms with Crippen molar-refractivity contribution in [2.45, 2.75) is 10.6 Å². The first-order chi connectivity index (χ1) is 9.38. The third-order valence-corrected chi connectivity index (χ3v) is 4.63. The van der Waals surface area contributed by atoms with Crippen LogP contribution in [0.3, 0.4) is 0 Å². The SMILES string of the molecule is O=[N+]([O-])c1ccc(S(=O)(=O)Cc2ccc(Cl)cc2)cc1. The number of hydrogen-bond acceptors (Lipinski definition) is 4. The van der Waals surface area contributed by atoms with Crippen molar-refractivity contribution in [1.82, 2.24) is 0 Å². The molecule has 2 aromatic carbocycles. The van der Waals surface area contributed by atoms with E-state index in [-0.39, 0.29) is 16.3 Å². The Labute approximate surface area is 120 Å². The molecule has 0 N–H and O–H groups in total. The Kier molecular flexibility index (Phi) is 4.06. The molecule has 104 valence electrons. The van der Waals surface area contributed by atoms with Crippen LogP contribution in [-0.4, -0.2) is 13.3 Å². The fourth-order valence-electron chi connectivity index (χ4n) is 1.66. The summed E-state index contributed by atoms with van der Waals surface area (Å²) < 4.78 is 24.3. The standard InChI is InChI=1S/C13H10ClNO4S/c14-11-3-1-10(2-4-11)9-20(18,19)13-7-5-12(6-8-13)15(16)17/h1-8H,9H2. The van der Waals surface area contributed by atoms with Gasteiger partial charge in [0.2, 0.25) is 0 Å². The van der Waals surface area contributed by atoms with Crippen molar-refractivity contribution < 1.29 is 13.3 Å². The van der Waals surface area contributed by atoms with Crippen molar-refractivity contribution >= 4 is 27.1 Å². The highest BCUT2D eigenvalue weighted by molar-refractivity contribution is 7.90. The maximum absolute atomic E-state index is 12.2. The normalized spacial score (nSPS) is 11.2. The summed E-state index contributed by atoms with van der Waals surface area (Å²) in [5.74, 6) is -0.179. The van der Waals surface area contributed by atoms with E-state index in [0.29, 0.717) is 10.6 Å². The summed E-state index contributed by atoms with van der Waals surface area (Å²) in [6, 6.07) is 11.3. The number of hydrogen-bond donors (Lipinski definition) is 0. The molecule has 0 fully saturated rings. The Morgan fingerprint density at radius 2 is 1.55 bits per heavy atom. The third-order valence-electron chi connectivity index (χ3n) is 2.68. The number of non-ortho nitro benzene ring substituents is 1. The fourth-order valence-corrected chi connectivity index (χ4v) is 3.13. The van der Waals surface area contributed by atoms with Gasteiger partial charge >= 0.3 is 0 Å². The molecule has 0 aliphatic heterocycles. The second-order valence-corrected chi connectivity index (χ2v) is 6.56. The maximum atomic E-state index is 12.2. The minimum absolute atomic E-state index is 0.0538. The van der Waals surface area contributed by atoms with Gasteiger partial charge < -0.3 is 0 Å². The van der Waals surface area contributed by atoms with Crippen molar-refractivity contribution in [1.29, 1.82) is 0 Å². The molecule has 0 amide bonds. The molecule has 0 unspecified atom stereocenters. The summed E-state index contributed by atoms with van der Waals surface area (Å²) in [5.41, 5.74) is 0.461. The van der Waals surface area contributed by atoms with Gasteiger partial charge in [0.15, 0.2) is 9.84 Å². The zero-order chi connectivity index (χ0) is 14.8. The fraction of sp³-hybridized carbons (Fsp3) is 0.0769. The van der Waals surface area contributed by atoms with Gasteiger partial charge in [-0.05, 0) is 29.8 Å². The first-order valence-electron chi connectivity index (χ1n) is 5.60. The lowest BCUT2D eigenvalue weighted by atomic mass is 10.2. The van der Waals surface area contributed by atoms with E-state index in [4.69, 9.17) is 11.6 Å². The van der Waals surface area contributed by atoms with E-state index in [1.165, 1.54) is 24.3 Å². The van der Waals surface area contributed by atoms with Gasteiger partial charge in [0.05, 0.1) is 15.6 Å². The van der Waals surface area contributed by atoms with E-state index in [9.17, 15) is 18.5 Å². The van der Waals surface area contributed by atoms with Crippen LogP contribution >= 0.6 is 11.6 Å². The number of benzene rings is 2. The smallest absolute Gasteiger partial charge is 0.258 e. The Morgan fingerprint density at radius 3 is 2.05 bits per heavy atom. The molecule has 0 aliphatic carbocycles. The molecule has 0 saturated carbocycles. The number of rotatable bonds is 4. The highest BCUT2D eigenvalue weighted by Gasteiger charge is 2.16. The van der Waals surface area contributed by atoms with E-state index in [1.807, 2.05) is 0 Å². The summed E-state index contributed by atoms with van der Waals surface area (Å²) in [6.45, 7) is 0. The van der Waals surface area contributed by atoms with Gasteiger partial charge in [-0.2, -0.15) is 0 Å². The number of halogens is 1. The molecule has 0 bridgehead atoms. The Balaban J connectivity index is 2.26. The van der Waals surface area contributed by atoms with Crippen molar-refractivity contribution in [2.75, 3.05) is 0 Å². The maximum Gasteiger partial charge on any atom is 0.269 e. The van der Waals surface area contributed by atoms with Gasteiger partial charge in [-0.25, -0.2) is 8.42 Å². The minimum Gasteiger partial charge on any atom is -0.258 e. The summed E-state index contributed by atoms with van der Waals surface area (Å²) in [6.07, 6.45) is 0. The molecule has 2 rings (SSSR count). The molecular formula is C13H10ClNO4S. The van der Waals surface area contributed by atoms with Crippen molar-refractivity contribution in [2.24, 2.45) is 0 Å². The Morgan fingerprint density at radius 1 is 1.00 bits per heavy atom. The van der Waals surface area contributed by atoms with Gasteiger partial charge in [-0.15, -0.1) is 0 Å². The first-order valence-corrected chi connectivity index (χ1v) is 7.63. The van der Waals surface area contributed by atoms with Gasteiger partial charge in [0.1, 0.15) is 0 Å². The van der Waals surface area contributed by atoms with E-state index >= 15 is 0 Å². The average molecular weight is 312 g/mol. The number of nitro benzene ring substituents is 1. The van der Waals surface area contributed by atoms with Crippen LogP contribution < -0.4 is 0 Å². The molecule has 7 heteroatoms. The molecule has 0 radical (unpaired) electrons. The molecule has 0 saturated heterocycles. The zero-order valence-corrected chi connectivity index (χ0v) is 11.8. The number of nitrogens with zero attached hydrogens (tertiary/aromatic N) is 1. The molecule has 2 aromatic rings. The lowest BCUT2D eigenvalue weighted by Gasteiger charge is -2.04. The topological polar surface area (TPSA) is 77.3 Å². The highest BCUT2D eigenvalue weighted by atomic mass is 35.5. The second kappa shape index (κ2) is 5.60. The van der Waals surface area contributed by atoms with Crippen LogP contribution in [-0.2, 0) is 15.6 Å². The lowest BCUT2D eigenvalue weighted by molar-refractivity contribution is -0.384. The van der Waals surface area contributed by atoms with Crippen LogP contribution in [0.4, 0.5) is 5.69 Å². The summed E-state index contributed by atoms with van der Waals surface area (Å²) >= 11 is 5.73. The second-order valence-electron chi connectivity index (χ2n) is 4.14. The van der Waals surface area contributed by atoms with Crippen molar-refractivity contribution in [3.05, 3.63) is 69.2 Å². The molecule has 20 heavy (non-hydrogen) atoms. The van der Waals surface area contributed by atoms with E-state index in [1.54, 1.807) is 24.3 Å². The van der Waals surface area contributed by atoms with Crippen molar-refractivity contribution in [3.63, 3.8) is 0 Å². The molecule has 0 atom stereocenters. The molecule has 0 aliphatic rings. The monoisotopic (exact) mass is 311 g/mol. The Bertz CT molecular complexity index is 724. The first kappa shape index (κ1) is 14.5.